The van der Waals surface area contributed by atoms with Gasteiger partial charge < -0.3 is 19.3 Å². The van der Waals surface area contributed by atoms with E-state index in [1.54, 1.807) is 25.6 Å². The average molecular weight is 491 g/mol. The number of hydrogen-bond acceptors (Lipinski definition) is 7. The molecule has 1 aliphatic heterocycles. The van der Waals surface area contributed by atoms with E-state index < -0.39 is 0 Å². The van der Waals surface area contributed by atoms with E-state index in [0.717, 1.165) is 38.9 Å². The van der Waals surface area contributed by atoms with Gasteiger partial charge in [-0.1, -0.05) is 29.4 Å². The first-order chi connectivity index (χ1) is 16.6. The predicted octanol–water partition coefficient (Wildman–Crippen LogP) is 5.68. The SMILES string of the molecule is COc1cccc(C2NC(=S)N(c3cccc(OC)c3)C(C)=C2c2nc(-c3cccs3)no2)c1. The van der Waals surface area contributed by atoms with E-state index in [1.807, 2.05) is 77.9 Å². The average Bonchev–Trinajstić information content (AvgIpc) is 3.56. The van der Waals surface area contributed by atoms with Gasteiger partial charge in [0.2, 0.25) is 5.82 Å². The summed E-state index contributed by atoms with van der Waals surface area (Å²) >= 11 is 7.38. The van der Waals surface area contributed by atoms with E-state index in [9.17, 15) is 0 Å². The van der Waals surface area contributed by atoms with Gasteiger partial charge in [0, 0.05) is 11.8 Å². The Morgan fingerprint density at radius 3 is 2.53 bits per heavy atom. The molecule has 0 saturated carbocycles. The van der Waals surface area contributed by atoms with Gasteiger partial charge in [-0.15, -0.1) is 11.3 Å². The van der Waals surface area contributed by atoms with Crippen LogP contribution in [0.1, 0.15) is 24.4 Å². The highest BCUT2D eigenvalue weighted by atomic mass is 32.1. The topological polar surface area (TPSA) is 72.7 Å². The maximum Gasteiger partial charge on any atom is 0.258 e. The van der Waals surface area contributed by atoms with Crippen molar-refractivity contribution in [2.24, 2.45) is 0 Å². The number of ether oxygens (including phenoxy) is 2. The van der Waals surface area contributed by atoms with Crippen LogP contribution in [0.25, 0.3) is 16.3 Å². The molecule has 172 valence electrons. The predicted molar refractivity (Wildman–Crippen MR) is 137 cm³/mol. The number of thiocarbonyl (C=S) groups is 1. The molecular weight excluding hydrogens is 468 g/mol. The van der Waals surface area contributed by atoms with Crippen molar-refractivity contribution >= 4 is 39.9 Å². The Morgan fingerprint density at radius 1 is 1.03 bits per heavy atom. The molecule has 9 heteroatoms. The van der Waals surface area contributed by atoms with Gasteiger partial charge in [-0.2, -0.15) is 4.98 Å². The van der Waals surface area contributed by atoms with Crippen LogP contribution in [0.3, 0.4) is 0 Å². The molecule has 4 aromatic rings. The van der Waals surface area contributed by atoms with Crippen molar-refractivity contribution in [2.75, 3.05) is 19.1 Å². The lowest BCUT2D eigenvalue weighted by molar-refractivity contribution is 0.403. The standard InChI is InChI=1S/C25H22N4O3S2/c1-15-21(24-27-23(28-32-24)20-11-6-12-34-20)22(16-7-4-9-18(13-16)30-2)26-25(33)29(15)17-8-5-10-19(14-17)31-3/h4-14,22H,1-3H3,(H,26,33). The first-order valence-corrected chi connectivity index (χ1v) is 11.8. The van der Waals surface area contributed by atoms with Gasteiger partial charge in [0.15, 0.2) is 5.11 Å². The van der Waals surface area contributed by atoms with Crippen molar-refractivity contribution in [1.82, 2.24) is 15.5 Å². The molecule has 1 unspecified atom stereocenters. The molecule has 3 heterocycles. The van der Waals surface area contributed by atoms with Crippen LogP contribution in [0, 0.1) is 0 Å². The fourth-order valence-corrected chi connectivity index (χ4v) is 5.00. The Morgan fingerprint density at radius 2 is 1.79 bits per heavy atom. The largest absolute Gasteiger partial charge is 0.497 e. The number of aromatic nitrogens is 2. The lowest BCUT2D eigenvalue weighted by Gasteiger charge is -2.37. The first-order valence-electron chi connectivity index (χ1n) is 10.6. The molecule has 1 atom stereocenters. The highest BCUT2D eigenvalue weighted by Gasteiger charge is 2.35. The van der Waals surface area contributed by atoms with Crippen LogP contribution in [-0.2, 0) is 0 Å². The summed E-state index contributed by atoms with van der Waals surface area (Å²) in [6.45, 7) is 2.00. The summed E-state index contributed by atoms with van der Waals surface area (Å²) in [5.41, 5.74) is 3.55. The second-order valence-corrected chi connectivity index (χ2v) is 8.93. The van der Waals surface area contributed by atoms with Gasteiger partial charge in [0.05, 0.1) is 36.4 Å². The third-order valence-corrected chi connectivity index (χ3v) is 6.79. The van der Waals surface area contributed by atoms with Gasteiger partial charge in [-0.25, -0.2) is 0 Å². The number of hydrogen-bond donors (Lipinski definition) is 1. The van der Waals surface area contributed by atoms with E-state index >= 15 is 0 Å². The van der Waals surface area contributed by atoms with Crippen LogP contribution < -0.4 is 19.7 Å². The molecule has 0 amide bonds. The lowest BCUT2D eigenvalue weighted by Crippen LogP contribution is -2.46. The van der Waals surface area contributed by atoms with E-state index in [-0.39, 0.29) is 6.04 Å². The molecule has 2 aromatic heterocycles. The Balaban J connectivity index is 1.67. The molecule has 0 fully saturated rings. The molecule has 7 nitrogen and oxygen atoms in total. The summed E-state index contributed by atoms with van der Waals surface area (Å²) in [6.07, 6.45) is 0. The number of allylic oxidation sites excluding steroid dienone is 1. The zero-order valence-electron chi connectivity index (χ0n) is 18.8. The Kier molecular flexibility index (Phi) is 6.04. The van der Waals surface area contributed by atoms with E-state index in [4.69, 9.17) is 31.2 Å². The quantitative estimate of drug-likeness (QED) is 0.346. The molecule has 1 aliphatic rings. The summed E-state index contributed by atoms with van der Waals surface area (Å²) in [4.78, 5) is 7.64. The maximum atomic E-state index is 5.82. The maximum absolute atomic E-state index is 5.82. The van der Waals surface area contributed by atoms with Crippen LogP contribution in [0.4, 0.5) is 5.69 Å². The van der Waals surface area contributed by atoms with Crippen molar-refractivity contribution in [3.8, 4) is 22.2 Å². The Bertz CT molecular complexity index is 1360. The number of methoxy groups -OCH3 is 2. The minimum Gasteiger partial charge on any atom is -0.497 e. The van der Waals surface area contributed by atoms with E-state index in [2.05, 4.69) is 10.5 Å². The third kappa shape index (κ3) is 4.04. The Labute approximate surface area is 206 Å². The molecule has 0 aliphatic carbocycles. The van der Waals surface area contributed by atoms with Gasteiger partial charge in [0.1, 0.15) is 11.5 Å². The zero-order chi connectivity index (χ0) is 23.7. The lowest BCUT2D eigenvalue weighted by atomic mass is 9.94. The van der Waals surface area contributed by atoms with Crippen LogP contribution >= 0.6 is 23.6 Å². The molecule has 0 radical (unpaired) electrons. The first kappa shape index (κ1) is 22.1. The fraction of sp³-hybridized carbons (Fsp3) is 0.160. The number of benzene rings is 2. The molecule has 5 rings (SSSR count). The van der Waals surface area contributed by atoms with Gasteiger partial charge in [0.25, 0.3) is 5.89 Å². The molecule has 0 saturated heterocycles. The van der Waals surface area contributed by atoms with Crippen molar-refractivity contribution < 1.29 is 14.0 Å². The van der Waals surface area contributed by atoms with Crippen LogP contribution in [0.2, 0.25) is 0 Å². The number of nitrogens with zero attached hydrogens (tertiary/aromatic N) is 3. The van der Waals surface area contributed by atoms with Crippen molar-refractivity contribution in [2.45, 2.75) is 13.0 Å². The summed E-state index contributed by atoms with van der Waals surface area (Å²) in [7, 11) is 3.29. The van der Waals surface area contributed by atoms with E-state index in [0.29, 0.717) is 16.8 Å². The van der Waals surface area contributed by atoms with Crippen LogP contribution in [0.15, 0.2) is 76.3 Å². The molecule has 0 spiro atoms. The van der Waals surface area contributed by atoms with Crippen LogP contribution in [-0.4, -0.2) is 29.5 Å². The molecular formula is C25H22N4O3S2. The van der Waals surface area contributed by atoms with Crippen molar-refractivity contribution in [1.29, 1.82) is 0 Å². The monoisotopic (exact) mass is 490 g/mol. The highest BCUT2D eigenvalue weighted by Crippen LogP contribution is 2.40. The van der Waals surface area contributed by atoms with E-state index in [1.165, 1.54) is 0 Å². The second kappa shape index (κ2) is 9.28. The molecule has 1 N–H and O–H groups in total. The fourth-order valence-electron chi connectivity index (χ4n) is 3.99. The zero-order valence-corrected chi connectivity index (χ0v) is 20.4. The molecule has 0 bridgehead atoms. The number of thiophene rings is 1. The number of rotatable bonds is 6. The van der Waals surface area contributed by atoms with Crippen molar-refractivity contribution in [3.63, 3.8) is 0 Å². The second-order valence-electron chi connectivity index (χ2n) is 7.60. The summed E-state index contributed by atoms with van der Waals surface area (Å²) in [5.74, 6) is 2.47. The van der Waals surface area contributed by atoms with Crippen LogP contribution in [0.5, 0.6) is 11.5 Å². The summed E-state index contributed by atoms with van der Waals surface area (Å²) in [6, 6.07) is 19.2. The minimum atomic E-state index is -0.305. The summed E-state index contributed by atoms with van der Waals surface area (Å²) < 4.78 is 16.7. The highest BCUT2D eigenvalue weighted by molar-refractivity contribution is 7.80. The molecule has 34 heavy (non-hydrogen) atoms. The smallest absolute Gasteiger partial charge is 0.258 e. The van der Waals surface area contributed by atoms with Gasteiger partial charge in [-0.3, -0.25) is 4.90 Å². The van der Waals surface area contributed by atoms with Gasteiger partial charge in [-0.05, 0) is 60.4 Å². The van der Waals surface area contributed by atoms with Crippen molar-refractivity contribution in [3.05, 3.63) is 83.2 Å². The van der Waals surface area contributed by atoms with Gasteiger partial charge >= 0.3 is 0 Å². The molecule has 2 aromatic carbocycles. The summed E-state index contributed by atoms with van der Waals surface area (Å²) in [5, 5.41) is 10.3. The Hall–Kier alpha value is -3.69. The normalized spacial score (nSPS) is 15.9. The third-order valence-electron chi connectivity index (χ3n) is 5.62. The number of anilines is 1. The number of nitrogens with one attached hydrogen (secondary N) is 1. The minimum absolute atomic E-state index is 0.305.